The lowest BCUT2D eigenvalue weighted by atomic mass is 10.0. The average Bonchev–Trinajstić information content (AvgIpc) is 2.42. The number of carbonyl (C=O) groups is 2. The van der Waals surface area contributed by atoms with Crippen LogP contribution in [0.15, 0.2) is 18.2 Å². The van der Waals surface area contributed by atoms with Gasteiger partial charge in [0.1, 0.15) is 0 Å². The van der Waals surface area contributed by atoms with E-state index in [-0.39, 0.29) is 23.6 Å². The van der Waals surface area contributed by atoms with Crippen molar-refractivity contribution in [3.63, 3.8) is 0 Å². The first-order chi connectivity index (χ1) is 9.51. The van der Waals surface area contributed by atoms with Crippen molar-refractivity contribution in [1.82, 2.24) is 10.6 Å². The first-order valence-corrected chi connectivity index (χ1v) is 6.44. The van der Waals surface area contributed by atoms with Gasteiger partial charge in [-0.2, -0.15) is 0 Å². The summed E-state index contributed by atoms with van der Waals surface area (Å²) in [6.07, 6.45) is 0.788. The molecular formula is C14H17FN2O3. The Morgan fingerprint density at radius 2 is 2.20 bits per heavy atom. The molecule has 2 N–H and O–H groups in total. The fourth-order valence-electron chi connectivity index (χ4n) is 2.20. The van der Waals surface area contributed by atoms with Crippen molar-refractivity contribution in [2.45, 2.75) is 31.8 Å². The molecule has 2 atom stereocenters. The number of hydrogen-bond acceptors (Lipinski definition) is 4. The van der Waals surface area contributed by atoms with Gasteiger partial charge >= 0.3 is 0 Å². The second-order valence-corrected chi connectivity index (χ2v) is 4.79. The number of rotatable bonds is 4. The summed E-state index contributed by atoms with van der Waals surface area (Å²) in [6, 6.07) is 3.99. The molecule has 0 spiro atoms. The van der Waals surface area contributed by atoms with Gasteiger partial charge in [-0.1, -0.05) is 6.07 Å². The van der Waals surface area contributed by atoms with Gasteiger partial charge < -0.3 is 4.74 Å². The molecule has 20 heavy (non-hydrogen) atoms. The molecule has 2 unspecified atom stereocenters. The molecule has 0 saturated carbocycles. The van der Waals surface area contributed by atoms with Crippen molar-refractivity contribution in [3.05, 3.63) is 29.6 Å². The number of ether oxygens (including phenoxy) is 1. The normalized spacial score (nSPS) is 20.4. The molecule has 1 fully saturated rings. The summed E-state index contributed by atoms with van der Waals surface area (Å²) in [5.41, 5.74) is 0.813. The van der Waals surface area contributed by atoms with Crippen LogP contribution in [-0.2, 0) is 9.59 Å². The lowest BCUT2D eigenvalue weighted by Gasteiger charge is -2.25. The Kier molecular flexibility index (Phi) is 4.34. The molecule has 0 radical (unpaired) electrons. The number of piperidine rings is 1. The fraction of sp³-hybridized carbons (Fsp3) is 0.429. The van der Waals surface area contributed by atoms with Crippen LogP contribution >= 0.6 is 0 Å². The third kappa shape index (κ3) is 3.14. The summed E-state index contributed by atoms with van der Waals surface area (Å²) in [5.74, 6) is -0.824. The van der Waals surface area contributed by atoms with Crippen LogP contribution in [0.3, 0.4) is 0 Å². The smallest absolute Gasteiger partial charge is 0.243 e. The number of carbonyl (C=O) groups excluding carboxylic acids is 2. The third-order valence-electron chi connectivity index (χ3n) is 3.37. The second kappa shape index (κ2) is 6.00. The van der Waals surface area contributed by atoms with Crippen molar-refractivity contribution < 1.29 is 18.7 Å². The number of nitrogens with one attached hydrogen (secondary N) is 2. The van der Waals surface area contributed by atoms with E-state index in [0.29, 0.717) is 12.8 Å². The van der Waals surface area contributed by atoms with E-state index in [2.05, 4.69) is 10.6 Å². The van der Waals surface area contributed by atoms with Gasteiger partial charge in [0.05, 0.1) is 13.2 Å². The van der Waals surface area contributed by atoms with E-state index in [9.17, 15) is 14.0 Å². The number of methoxy groups -OCH3 is 1. The number of imide groups is 1. The zero-order chi connectivity index (χ0) is 14.7. The van der Waals surface area contributed by atoms with Crippen molar-refractivity contribution in [1.29, 1.82) is 0 Å². The summed E-state index contributed by atoms with van der Waals surface area (Å²) in [7, 11) is 1.40. The first kappa shape index (κ1) is 14.5. The van der Waals surface area contributed by atoms with Gasteiger partial charge in [-0.15, -0.1) is 0 Å². The van der Waals surface area contributed by atoms with Gasteiger partial charge in [-0.25, -0.2) is 4.39 Å². The van der Waals surface area contributed by atoms with E-state index in [1.54, 1.807) is 12.1 Å². The molecule has 1 saturated heterocycles. The first-order valence-electron chi connectivity index (χ1n) is 6.44. The number of halogens is 1. The quantitative estimate of drug-likeness (QED) is 0.816. The van der Waals surface area contributed by atoms with Gasteiger partial charge in [0, 0.05) is 12.5 Å². The highest BCUT2D eigenvalue weighted by Crippen LogP contribution is 2.23. The number of hydrogen-bond donors (Lipinski definition) is 2. The van der Waals surface area contributed by atoms with E-state index in [1.807, 2.05) is 6.92 Å². The molecular weight excluding hydrogens is 263 g/mol. The molecule has 2 amide bonds. The SMILES string of the molecule is COc1cc(C(C)NC2CCC(=O)NC2=O)ccc1F. The van der Waals surface area contributed by atoms with Gasteiger partial charge in [0.25, 0.3) is 0 Å². The largest absolute Gasteiger partial charge is 0.494 e. The summed E-state index contributed by atoms with van der Waals surface area (Å²) in [5, 5.41) is 5.43. The molecule has 0 aliphatic carbocycles. The lowest BCUT2D eigenvalue weighted by molar-refractivity contribution is -0.134. The van der Waals surface area contributed by atoms with Crippen molar-refractivity contribution >= 4 is 11.8 Å². The fourth-order valence-corrected chi connectivity index (χ4v) is 2.20. The number of benzene rings is 1. The second-order valence-electron chi connectivity index (χ2n) is 4.79. The molecule has 0 aromatic heterocycles. The summed E-state index contributed by atoms with van der Waals surface area (Å²) in [6.45, 7) is 1.87. The van der Waals surface area contributed by atoms with Gasteiger partial charge in [-0.05, 0) is 31.0 Å². The maximum absolute atomic E-state index is 13.4. The Morgan fingerprint density at radius 1 is 1.45 bits per heavy atom. The Bertz CT molecular complexity index is 533. The molecule has 6 heteroatoms. The highest BCUT2D eigenvalue weighted by molar-refractivity contribution is 6.00. The van der Waals surface area contributed by atoms with E-state index < -0.39 is 11.9 Å². The van der Waals surface area contributed by atoms with Crippen molar-refractivity contribution in [2.75, 3.05) is 7.11 Å². The highest BCUT2D eigenvalue weighted by Gasteiger charge is 2.27. The maximum atomic E-state index is 13.4. The third-order valence-corrected chi connectivity index (χ3v) is 3.37. The Balaban J connectivity index is 2.06. The van der Waals surface area contributed by atoms with Crippen LogP contribution < -0.4 is 15.4 Å². The molecule has 1 aromatic rings. The van der Waals surface area contributed by atoms with Gasteiger partial charge in [0.15, 0.2) is 11.6 Å². The molecule has 1 heterocycles. The van der Waals surface area contributed by atoms with Crippen LogP contribution in [0.2, 0.25) is 0 Å². The predicted octanol–water partition coefficient (Wildman–Crippen LogP) is 1.29. The average molecular weight is 280 g/mol. The molecule has 0 bridgehead atoms. The topological polar surface area (TPSA) is 67.4 Å². The van der Waals surface area contributed by atoms with Gasteiger partial charge in [-0.3, -0.25) is 20.2 Å². The zero-order valence-electron chi connectivity index (χ0n) is 11.4. The van der Waals surface area contributed by atoms with Crippen LogP contribution in [0.4, 0.5) is 4.39 Å². The molecule has 1 aliphatic heterocycles. The standard InChI is InChI=1S/C14H17FN2O3/c1-8(9-3-4-10(15)12(7-9)20-2)16-11-5-6-13(18)17-14(11)19/h3-4,7-8,11,16H,5-6H2,1-2H3,(H,17,18,19). The lowest BCUT2D eigenvalue weighted by Crippen LogP contribution is -2.51. The minimum atomic E-state index is -0.426. The maximum Gasteiger partial charge on any atom is 0.243 e. The minimum Gasteiger partial charge on any atom is -0.494 e. The summed E-state index contributed by atoms with van der Waals surface area (Å²) < 4.78 is 18.3. The van der Waals surface area contributed by atoms with Crippen LogP contribution in [0.1, 0.15) is 31.4 Å². The summed E-state index contributed by atoms with van der Waals surface area (Å²) >= 11 is 0. The molecule has 108 valence electrons. The summed E-state index contributed by atoms with van der Waals surface area (Å²) in [4.78, 5) is 22.7. The van der Waals surface area contributed by atoms with Crippen LogP contribution in [0.5, 0.6) is 5.75 Å². The molecule has 2 rings (SSSR count). The Labute approximate surface area is 116 Å². The van der Waals surface area contributed by atoms with E-state index in [0.717, 1.165) is 5.56 Å². The Hall–Kier alpha value is -1.95. The molecule has 1 aliphatic rings. The molecule has 1 aromatic carbocycles. The van der Waals surface area contributed by atoms with E-state index >= 15 is 0 Å². The van der Waals surface area contributed by atoms with Crippen LogP contribution in [-0.4, -0.2) is 25.0 Å². The molecule has 5 nitrogen and oxygen atoms in total. The van der Waals surface area contributed by atoms with Gasteiger partial charge in [0.2, 0.25) is 11.8 Å². The zero-order valence-corrected chi connectivity index (χ0v) is 11.4. The number of amides is 2. The predicted molar refractivity (Wildman–Crippen MR) is 70.7 cm³/mol. The minimum absolute atomic E-state index is 0.159. The monoisotopic (exact) mass is 280 g/mol. The Morgan fingerprint density at radius 3 is 2.85 bits per heavy atom. The van der Waals surface area contributed by atoms with Crippen molar-refractivity contribution in [2.24, 2.45) is 0 Å². The highest BCUT2D eigenvalue weighted by atomic mass is 19.1. The van der Waals surface area contributed by atoms with Crippen molar-refractivity contribution in [3.8, 4) is 5.75 Å². The van der Waals surface area contributed by atoms with E-state index in [4.69, 9.17) is 4.74 Å². The van der Waals surface area contributed by atoms with Crippen LogP contribution in [0.25, 0.3) is 0 Å². The van der Waals surface area contributed by atoms with Crippen LogP contribution in [0, 0.1) is 5.82 Å². The van der Waals surface area contributed by atoms with E-state index in [1.165, 1.54) is 13.2 Å².